The van der Waals surface area contributed by atoms with Gasteiger partial charge in [-0.3, -0.25) is 4.79 Å². The highest BCUT2D eigenvalue weighted by molar-refractivity contribution is 8.00. The van der Waals surface area contributed by atoms with Crippen LogP contribution in [0, 0.1) is 0 Å². The highest BCUT2D eigenvalue weighted by Crippen LogP contribution is 2.38. The van der Waals surface area contributed by atoms with Gasteiger partial charge in [0.15, 0.2) is 0 Å². The SMILES string of the molecule is CCSCCN1C(=O)CSC1c1ccc(CC)cc1. The molecule has 1 aliphatic rings. The Hall–Kier alpha value is -0.610. The lowest BCUT2D eigenvalue weighted by molar-refractivity contribution is -0.127. The molecule has 1 fully saturated rings. The van der Waals surface area contributed by atoms with Crippen LogP contribution in [0.15, 0.2) is 24.3 Å². The molecule has 0 saturated carbocycles. The molecule has 0 radical (unpaired) electrons. The van der Waals surface area contributed by atoms with Gasteiger partial charge in [0.05, 0.1) is 5.75 Å². The maximum Gasteiger partial charge on any atom is 0.233 e. The van der Waals surface area contributed by atoms with E-state index >= 15 is 0 Å². The lowest BCUT2D eigenvalue weighted by Crippen LogP contribution is -2.30. The molecule has 0 spiro atoms. The van der Waals surface area contributed by atoms with Crippen molar-refractivity contribution < 1.29 is 4.79 Å². The highest BCUT2D eigenvalue weighted by Gasteiger charge is 2.32. The predicted molar refractivity (Wildman–Crippen MR) is 85.7 cm³/mol. The second-order valence-electron chi connectivity index (χ2n) is 4.54. The van der Waals surface area contributed by atoms with Gasteiger partial charge in [-0.15, -0.1) is 11.8 Å². The van der Waals surface area contributed by atoms with Crippen molar-refractivity contribution in [2.45, 2.75) is 25.6 Å². The van der Waals surface area contributed by atoms with E-state index in [1.165, 1.54) is 11.1 Å². The first-order valence-electron chi connectivity index (χ1n) is 6.84. The van der Waals surface area contributed by atoms with Crippen LogP contribution in [0.25, 0.3) is 0 Å². The minimum atomic E-state index is 0.218. The van der Waals surface area contributed by atoms with Gasteiger partial charge in [0, 0.05) is 12.3 Å². The molecule has 4 heteroatoms. The molecule has 1 unspecified atom stereocenters. The molecule has 104 valence electrons. The van der Waals surface area contributed by atoms with Crippen LogP contribution in [-0.4, -0.2) is 34.6 Å². The average molecular weight is 295 g/mol. The summed E-state index contributed by atoms with van der Waals surface area (Å²) in [7, 11) is 0. The normalized spacial score (nSPS) is 19.2. The van der Waals surface area contributed by atoms with E-state index < -0.39 is 0 Å². The van der Waals surface area contributed by atoms with Crippen LogP contribution in [-0.2, 0) is 11.2 Å². The summed E-state index contributed by atoms with van der Waals surface area (Å²) in [5.41, 5.74) is 2.61. The summed E-state index contributed by atoms with van der Waals surface area (Å²) in [5.74, 6) is 3.06. The van der Waals surface area contributed by atoms with Gasteiger partial charge < -0.3 is 4.90 Å². The fraction of sp³-hybridized carbons (Fsp3) is 0.533. The van der Waals surface area contributed by atoms with Gasteiger partial charge in [-0.2, -0.15) is 11.8 Å². The molecule has 2 nitrogen and oxygen atoms in total. The van der Waals surface area contributed by atoms with Crippen LogP contribution < -0.4 is 0 Å². The third-order valence-electron chi connectivity index (χ3n) is 3.32. The number of benzene rings is 1. The van der Waals surface area contributed by atoms with Gasteiger partial charge >= 0.3 is 0 Å². The standard InChI is InChI=1S/C15H21NOS2/c1-3-12-5-7-13(8-6-12)15-16(9-10-18-4-2)14(17)11-19-15/h5-8,15H,3-4,9-11H2,1-2H3. The van der Waals surface area contributed by atoms with Crippen molar-refractivity contribution >= 4 is 29.4 Å². The topological polar surface area (TPSA) is 20.3 Å². The van der Waals surface area contributed by atoms with E-state index in [0.717, 1.165) is 24.5 Å². The van der Waals surface area contributed by atoms with E-state index in [-0.39, 0.29) is 11.3 Å². The molecule has 1 amide bonds. The number of amides is 1. The largest absolute Gasteiger partial charge is 0.325 e. The Morgan fingerprint density at radius 1 is 1.32 bits per heavy atom. The zero-order chi connectivity index (χ0) is 13.7. The van der Waals surface area contributed by atoms with Crippen LogP contribution >= 0.6 is 23.5 Å². The average Bonchev–Trinajstić information content (AvgIpc) is 2.81. The molecule has 1 aromatic carbocycles. The monoisotopic (exact) mass is 295 g/mol. The van der Waals surface area contributed by atoms with Crippen molar-refractivity contribution in [1.82, 2.24) is 4.90 Å². The van der Waals surface area contributed by atoms with Crippen molar-refractivity contribution in [2.24, 2.45) is 0 Å². The lowest BCUT2D eigenvalue weighted by Gasteiger charge is -2.24. The smallest absolute Gasteiger partial charge is 0.233 e. The van der Waals surface area contributed by atoms with Crippen molar-refractivity contribution in [2.75, 3.05) is 23.8 Å². The molecular weight excluding hydrogens is 274 g/mol. The number of rotatable bonds is 6. The summed E-state index contributed by atoms with van der Waals surface area (Å²) < 4.78 is 0. The van der Waals surface area contributed by atoms with E-state index in [1.807, 2.05) is 16.7 Å². The number of nitrogens with zero attached hydrogens (tertiary/aromatic N) is 1. The second-order valence-corrected chi connectivity index (χ2v) is 7.00. The van der Waals surface area contributed by atoms with Crippen molar-refractivity contribution in [3.63, 3.8) is 0 Å². The van der Waals surface area contributed by atoms with Gasteiger partial charge in [0.2, 0.25) is 5.91 Å². The van der Waals surface area contributed by atoms with Gasteiger partial charge in [-0.1, -0.05) is 38.1 Å². The summed E-state index contributed by atoms with van der Waals surface area (Å²) in [6, 6.07) is 8.71. The summed E-state index contributed by atoms with van der Waals surface area (Å²) >= 11 is 3.65. The van der Waals surface area contributed by atoms with E-state index in [0.29, 0.717) is 5.75 Å². The fourth-order valence-electron chi connectivity index (χ4n) is 2.20. The molecule has 1 aromatic rings. The molecule has 0 aliphatic carbocycles. The molecular formula is C15H21NOS2. The minimum Gasteiger partial charge on any atom is -0.325 e. The summed E-state index contributed by atoms with van der Waals surface area (Å²) in [4.78, 5) is 14.0. The zero-order valence-corrected chi connectivity index (χ0v) is 13.2. The molecule has 1 heterocycles. The van der Waals surface area contributed by atoms with Crippen LogP contribution in [0.1, 0.15) is 30.3 Å². The van der Waals surface area contributed by atoms with E-state index in [1.54, 1.807) is 11.8 Å². The minimum absolute atomic E-state index is 0.218. The maximum atomic E-state index is 12.0. The molecule has 0 aromatic heterocycles. The fourth-order valence-corrected chi connectivity index (χ4v) is 4.03. The maximum absolute atomic E-state index is 12.0. The van der Waals surface area contributed by atoms with Gasteiger partial charge in [0.25, 0.3) is 0 Å². The summed E-state index contributed by atoms with van der Waals surface area (Å²) in [6.45, 7) is 5.19. The second kappa shape index (κ2) is 7.25. The van der Waals surface area contributed by atoms with Crippen LogP contribution in [0.4, 0.5) is 0 Å². The molecule has 0 N–H and O–H groups in total. The first-order valence-corrected chi connectivity index (χ1v) is 9.04. The number of hydrogen-bond acceptors (Lipinski definition) is 3. The highest BCUT2D eigenvalue weighted by atomic mass is 32.2. The van der Waals surface area contributed by atoms with Crippen LogP contribution in [0.2, 0.25) is 0 Å². The Labute approximate surface area is 124 Å². The quantitative estimate of drug-likeness (QED) is 0.748. The molecule has 2 rings (SSSR count). The Kier molecular flexibility index (Phi) is 5.64. The molecule has 1 saturated heterocycles. The number of thioether (sulfide) groups is 2. The molecule has 1 aliphatic heterocycles. The zero-order valence-electron chi connectivity index (χ0n) is 11.6. The van der Waals surface area contributed by atoms with Crippen LogP contribution in [0.3, 0.4) is 0 Å². The summed E-state index contributed by atoms with van der Waals surface area (Å²) in [5, 5.41) is 0.218. The van der Waals surface area contributed by atoms with Crippen molar-refractivity contribution in [3.05, 3.63) is 35.4 Å². The molecule has 1 atom stereocenters. The van der Waals surface area contributed by atoms with E-state index in [9.17, 15) is 4.79 Å². The Bertz CT molecular complexity index is 419. The third kappa shape index (κ3) is 3.69. The van der Waals surface area contributed by atoms with Crippen molar-refractivity contribution in [1.29, 1.82) is 0 Å². The third-order valence-corrected chi connectivity index (χ3v) is 5.46. The van der Waals surface area contributed by atoms with Gasteiger partial charge in [-0.05, 0) is 23.3 Å². The number of carbonyl (C=O) groups excluding carboxylic acids is 1. The first-order chi connectivity index (χ1) is 9.26. The lowest BCUT2D eigenvalue weighted by atomic mass is 10.1. The Morgan fingerprint density at radius 2 is 2.05 bits per heavy atom. The number of carbonyl (C=O) groups is 1. The van der Waals surface area contributed by atoms with E-state index in [4.69, 9.17) is 0 Å². The molecule has 0 bridgehead atoms. The van der Waals surface area contributed by atoms with Gasteiger partial charge in [-0.25, -0.2) is 0 Å². The Morgan fingerprint density at radius 3 is 2.68 bits per heavy atom. The molecule has 19 heavy (non-hydrogen) atoms. The van der Waals surface area contributed by atoms with E-state index in [2.05, 4.69) is 38.1 Å². The van der Waals surface area contributed by atoms with Crippen molar-refractivity contribution in [3.8, 4) is 0 Å². The Balaban J connectivity index is 2.05. The summed E-state index contributed by atoms with van der Waals surface area (Å²) in [6.07, 6.45) is 1.06. The van der Waals surface area contributed by atoms with Crippen LogP contribution in [0.5, 0.6) is 0 Å². The predicted octanol–water partition coefficient (Wildman–Crippen LogP) is 3.58. The first kappa shape index (κ1) is 14.8. The van der Waals surface area contributed by atoms with Gasteiger partial charge in [0.1, 0.15) is 5.37 Å². The number of aryl methyl sites for hydroxylation is 1. The number of hydrogen-bond donors (Lipinski definition) is 0.